The maximum Gasteiger partial charge on any atom is 0.333 e. The van der Waals surface area contributed by atoms with E-state index in [9.17, 15) is 19.5 Å². The molecular formula is C24H16ClN2O5-. The van der Waals surface area contributed by atoms with Crippen LogP contribution < -0.4 is 20.1 Å². The first-order valence-electron chi connectivity index (χ1n) is 9.56. The fourth-order valence-electron chi connectivity index (χ4n) is 3.17. The number of rotatable bonds is 6. The summed E-state index contributed by atoms with van der Waals surface area (Å²) in [7, 11) is 0. The molecule has 0 aromatic heterocycles. The van der Waals surface area contributed by atoms with Gasteiger partial charge in [0.1, 0.15) is 18.1 Å². The second-order valence-corrected chi connectivity index (χ2v) is 7.39. The van der Waals surface area contributed by atoms with E-state index >= 15 is 0 Å². The summed E-state index contributed by atoms with van der Waals surface area (Å²) in [5, 5.41) is 13.9. The maximum atomic E-state index is 12.7. The van der Waals surface area contributed by atoms with Gasteiger partial charge < -0.3 is 20.0 Å². The molecule has 0 radical (unpaired) electrons. The molecule has 8 heteroatoms. The van der Waals surface area contributed by atoms with E-state index in [1.54, 1.807) is 60.7 Å². The predicted octanol–water partition coefficient (Wildman–Crippen LogP) is 3.38. The minimum atomic E-state index is -1.24. The van der Waals surface area contributed by atoms with Gasteiger partial charge in [-0.2, -0.15) is 0 Å². The van der Waals surface area contributed by atoms with Crippen LogP contribution in [0.3, 0.4) is 0 Å². The van der Waals surface area contributed by atoms with Gasteiger partial charge in [-0.25, -0.2) is 9.69 Å². The van der Waals surface area contributed by atoms with Crippen molar-refractivity contribution < 1.29 is 24.2 Å². The van der Waals surface area contributed by atoms with Crippen molar-refractivity contribution in [1.29, 1.82) is 0 Å². The Kier molecular flexibility index (Phi) is 5.91. The van der Waals surface area contributed by atoms with E-state index in [0.717, 1.165) is 4.90 Å². The summed E-state index contributed by atoms with van der Waals surface area (Å²) < 4.78 is 5.68. The van der Waals surface area contributed by atoms with Gasteiger partial charge >= 0.3 is 6.03 Å². The van der Waals surface area contributed by atoms with Crippen molar-refractivity contribution >= 4 is 41.3 Å². The standard InChI is InChI=1S/C24H17ClN2O5/c25-18-5-2-6-19(13-18)27-22(28)21(26-24(27)31)12-15-7-9-20(10-8-15)32-14-16-3-1-4-17(11-16)23(29)30/h1-13H,14H2,(H,26,31)(H,29,30)/p-1. The number of nitrogens with one attached hydrogen (secondary N) is 1. The summed E-state index contributed by atoms with van der Waals surface area (Å²) >= 11 is 5.96. The SMILES string of the molecule is O=C([O-])c1cccc(COc2ccc(C=C3NC(=O)N(c4cccc(Cl)c4)C3=O)cc2)c1. The van der Waals surface area contributed by atoms with E-state index in [0.29, 0.717) is 27.6 Å². The quantitative estimate of drug-likeness (QED) is 0.461. The molecule has 32 heavy (non-hydrogen) atoms. The van der Waals surface area contributed by atoms with Crippen molar-refractivity contribution in [3.05, 3.63) is 100 Å². The number of anilines is 1. The zero-order valence-corrected chi connectivity index (χ0v) is 17.3. The third-order valence-corrected chi connectivity index (χ3v) is 4.94. The lowest BCUT2D eigenvalue weighted by molar-refractivity contribution is -0.255. The van der Waals surface area contributed by atoms with Gasteiger partial charge in [0.15, 0.2) is 0 Å². The molecule has 0 saturated carbocycles. The van der Waals surface area contributed by atoms with E-state index in [1.165, 1.54) is 18.2 Å². The lowest BCUT2D eigenvalue weighted by atomic mass is 10.1. The molecule has 0 spiro atoms. The van der Waals surface area contributed by atoms with Crippen molar-refractivity contribution in [3.8, 4) is 5.75 Å². The molecule has 3 aromatic carbocycles. The minimum absolute atomic E-state index is 0.0863. The third-order valence-electron chi connectivity index (χ3n) is 4.70. The normalized spacial score (nSPS) is 14.5. The topological polar surface area (TPSA) is 98.8 Å². The average molecular weight is 448 g/mol. The summed E-state index contributed by atoms with van der Waals surface area (Å²) in [5.41, 5.74) is 1.99. The fraction of sp³-hybridized carbons (Fsp3) is 0.0417. The van der Waals surface area contributed by atoms with Crippen molar-refractivity contribution in [1.82, 2.24) is 5.32 Å². The second kappa shape index (κ2) is 8.95. The number of imide groups is 1. The minimum Gasteiger partial charge on any atom is -0.545 e. The monoisotopic (exact) mass is 447 g/mol. The molecule has 3 amide bonds. The molecule has 1 aliphatic heterocycles. The molecule has 1 heterocycles. The highest BCUT2D eigenvalue weighted by atomic mass is 35.5. The number of carbonyl (C=O) groups is 3. The Balaban J connectivity index is 1.44. The molecule has 3 aromatic rings. The van der Waals surface area contributed by atoms with Gasteiger partial charge in [0, 0.05) is 5.02 Å². The number of carboxylic acids is 1. The predicted molar refractivity (Wildman–Crippen MR) is 117 cm³/mol. The van der Waals surface area contributed by atoms with Gasteiger partial charge in [-0.05, 0) is 59.2 Å². The summed E-state index contributed by atoms with van der Waals surface area (Å²) in [5.74, 6) is -1.16. The Morgan fingerprint density at radius 3 is 2.50 bits per heavy atom. The van der Waals surface area contributed by atoms with Crippen molar-refractivity contribution in [3.63, 3.8) is 0 Å². The van der Waals surface area contributed by atoms with Crippen molar-refractivity contribution in [2.24, 2.45) is 0 Å². The van der Waals surface area contributed by atoms with Crippen LogP contribution in [0.5, 0.6) is 5.75 Å². The average Bonchev–Trinajstić information content (AvgIpc) is 3.06. The molecule has 1 aliphatic rings. The number of carbonyl (C=O) groups excluding carboxylic acids is 3. The highest BCUT2D eigenvalue weighted by Gasteiger charge is 2.34. The van der Waals surface area contributed by atoms with E-state index in [4.69, 9.17) is 16.3 Å². The summed E-state index contributed by atoms with van der Waals surface area (Å²) in [6.07, 6.45) is 1.57. The van der Waals surface area contributed by atoms with Crippen LogP contribution in [0.15, 0.2) is 78.5 Å². The molecule has 0 aliphatic carbocycles. The van der Waals surface area contributed by atoms with Crippen LogP contribution in [0.4, 0.5) is 10.5 Å². The van der Waals surface area contributed by atoms with Gasteiger partial charge in [0.05, 0.1) is 11.7 Å². The number of hydrogen-bond donors (Lipinski definition) is 1. The summed E-state index contributed by atoms with van der Waals surface area (Å²) in [6.45, 7) is 0.185. The maximum absolute atomic E-state index is 12.7. The number of halogens is 1. The van der Waals surface area contributed by atoms with E-state index in [-0.39, 0.29) is 17.9 Å². The Morgan fingerprint density at radius 2 is 1.78 bits per heavy atom. The first kappa shape index (κ1) is 21.1. The lowest BCUT2D eigenvalue weighted by Crippen LogP contribution is -2.30. The van der Waals surface area contributed by atoms with Gasteiger partial charge in [0.2, 0.25) is 0 Å². The molecule has 1 saturated heterocycles. The van der Waals surface area contributed by atoms with Crippen LogP contribution in [-0.4, -0.2) is 17.9 Å². The van der Waals surface area contributed by atoms with E-state index < -0.39 is 17.9 Å². The molecular weight excluding hydrogens is 432 g/mol. The number of urea groups is 1. The zero-order valence-electron chi connectivity index (χ0n) is 16.6. The molecule has 0 atom stereocenters. The van der Waals surface area contributed by atoms with E-state index in [1.807, 2.05) is 0 Å². The zero-order chi connectivity index (χ0) is 22.7. The number of carboxylic acid groups (broad SMARTS) is 1. The molecule has 0 bridgehead atoms. The number of nitrogens with zero attached hydrogens (tertiary/aromatic N) is 1. The molecule has 1 fully saturated rings. The Labute approximate surface area is 188 Å². The van der Waals surface area contributed by atoms with Crippen molar-refractivity contribution in [2.75, 3.05) is 4.90 Å². The Bertz CT molecular complexity index is 1240. The highest BCUT2D eigenvalue weighted by molar-refractivity contribution is 6.32. The van der Waals surface area contributed by atoms with Gasteiger partial charge in [-0.3, -0.25) is 4.79 Å². The number of benzene rings is 3. The molecule has 1 N–H and O–H groups in total. The third kappa shape index (κ3) is 4.63. The molecule has 7 nitrogen and oxygen atoms in total. The van der Waals surface area contributed by atoms with Crippen LogP contribution in [0.25, 0.3) is 6.08 Å². The number of amides is 3. The Morgan fingerprint density at radius 1 is 1.03 bits per heavy atom. The van der Waals surface area contributed by atoms with Crippen LogP contribution in [0, 0.1) is 0 Å². The van der Waals surface area contributed by atoms with Crippen molar-refractivity contribution in [2.45, 2.75) is 6.61 Å². The van der Waals surface area contributed by atoms with Gasteiger partial charge in [0.25, 0.3) is 5.91 Å². The number of hydrogen-bond acceptors (Lipinski definition) is 5. The molecule has 4 rings (SSSR count). The Hall–Kier alpha value is -4.10. The van der Waals surface area contributed by atoms with Crippen LogP contribution in [0.2, 0.25) is 5.02 Å². The molecule has 0 unspecified atom stereocenters. The first-order chi connectivity index (χ1) is 15.4. The smallest absolute Gasteiger partial charge is 0.333 e. The highest BCUT2D eigenvalue weighted by Crippen LogP contribution is 2.25. The fourth-order valence-corrected chi connectivity index (χ4v) is 3.35. The number of ether oxygens (including phenoxy) is 1. The first-order valence-corrected chi connectivity index (χ1v) is 9.94. The lowest BCUT2D eigenvalue weighted by Gasteiger charge is -2.11. The largest absolute Gasteiger partial charge is 0.545 e. The van der Waals surface area contributed by atoms with Crippen LogP contribution >= 0.6 is 11.6 Å². The second-order valence-electron chi connectivity index (χ2n) is 6.95. The summed E-state index contributed by atoms with van der Waals surface area (Å²) in [4.78, 5) is 37.0. The molecule has 160 valence electrons. The van der Waals surface area contributed by atoms with Gasteiger partial charge in [-0.1, -0.05) is 48.0 Å². The van der Waals surface area contributed by atoms with Gasteiger partial charge in [-0.15, -0.1) is 0 Å². The van der Waals surface area contributed by atoms with E-state index in [2.05, 4.69) is 5.32 Å². The van der Waals surface area contributed by atoms with Crippen LogP contribution in [0.1, 0.15) is 21.5 Å². The van der Waals surface area contributed by atoms with Crippen LogP contribution in [-0.2, 0) is 11.4 Å². The summed E-state index contributed by atoms with van der Waals surface area (Å²) in [6, 6.07) is 19.2. The number of aromatic carboxylic acids is 1.